The average Bonchev–Trinajstić information content (AvgIpc) is 2.25. The Morgan fingerprint density at radius 1 is 1.24 bits per heavy atom. The van der Waals surface area contributed by atoms with Gasteiger partial charge in [-0.15, -0.1) is 0 Å². The number of rotatable bonds is 5. The maximum absolute atomic E-state index is 12.9. The monoisotopic (exact) mass is 251 g/mol. The maximum Gasteiger partial charge on any atom is 0.393 e. The van der Waals surface area contributed by atoms with E-state index in [2.05, 4.69) is 12.2 Å². The fraction of sp³-hybridized carbons (Fsp3) is 1.00. The van der Waals surface area contributed by atoms with Crippen molar-refractivity contribution in [2.75, 3.05) is 0 Å². The molecule has 3 atom stereocenters. The van der Waals surface area contributed by atoms with E-state index in [4.69, 9.17) is 0 Å². The lowest BCUT2D eigenvalue weighted by molar-refractivity contribution is -0.189. The minimum Gasteiger partial charge on any atom is -0.311 e. The van der Waals surface area contributed by atoms with E-state index in [1.807, 2.05) is 6.92 Å². The standard InChI is InChI=1S/C13H24F3N/c1-3-4-7-10(2)17-12-9-6-5-8-11(12)13(14,15)16/h10-12,17H,3-9H2,1-2H3. The van der Waals surface area contributed by atoms with Gasteiger partial charge < -0.3 is 5.32 Å². The molecule has 0 heterocycles. The summed E-state index contributed by atoms with van der Waals surface area (Å²) in [5.74, 6) is -1.14. The molecule has 1 aliphatic carbocycles. The summed E-state index contributed by atoms with van der Waals surface area (Å²) in [6.07, 6.45) is 1.70. The molecule has 0 saturated heterocycles. The van der Waals surface area contributed by atoms with Crippen LogP contribution in [0, 0.1) is 5.92 Å². The van der Waals surface area contributed by atoms with Gasteiger partial charge in [-0.25, -0.2) is 0 Å². The van der Waals surface area contributed by atoms with Gasteiger partial charge >= 0.3 is 6.18 Å². The molecule has 0 radical (unpaired) electrons. The molecule has 1 nitrogen and oxygen atoms in total. The molecule has 1 rings (SSSR count). The van der Waals surface area contributed by atoms with E-state index < -0.39 is 12.1 Å². The smallest absolute Gasteiger partial charge is 0.311 e. The number of halogens is 3. The zero-order valence-electron chi connectivity index (χ0n) is 10.8. The summed E-state index contributed by atoms with van der Waals surface area (Å²) in [5, 5.41) is 3.19. The second-order valence-electron chi connectivity index (χ2n) is 5.25. The van der Waals surface area contributed by atoms with Crippen LogP contribution in [0.2, 0.25) is 0 Å². The molecule has 0 bridgehead atoms. The Morgan fingerprint density at radius 3 is 2.47 bits per heavy atom. The van der Waals surface area contributed by atoms with Gasteiger partial charge in [0.15, 0.2) is 0 Å². The van der Waals surface area contributed by atoms with Crippen molar-refractivity contribution in [3.05, 3.63) is 0 Å². The van der Waals surface area contributed by atoms with Gasteiger partial charge in [0.1, 0.15) is 0 Å². The normalized spacial score (nSPS) is 28.1. The van der Waals surface area contributed by atoms with Crippen LogP contribution >= 0.6 is 0 Å². The Morgan fingerprint density at radius 2 is 1.88 bits per heavy atom. The van der Waals surface area contributed by atoms with Crippen molar-refractivity contribution in [3.8, 4) is 0 Å². The van der Waals surface area contributed by atoms with Crippen molar-refractivity contribution >= 4 is 0 Å². The Hall–Kier alpha value is -0.250. The molecule has 0 aromatic carbocycles. The van der Waals surface area contributed by atoms with E-state index in [0.29, 0.717) is 19.3 Å². The Balaban J connectivity index is 2.48. The first-order valence-corrected chi connectivity index (χ1v) is 6.78. The van der Waals surface area contributed by atoms with Crippen LogP contribution < -0.4 is 5.32 Å². The van der Waals surface area contributed by atoms with Crippen LogP contribution in [0.3, 0.4) is 0 Å². The van der Waals surface area contributed by atoms with Gasteiger partial charge in [-0.1, -0.05) is 32.6 Å². The zero-order chi connectivity index (χ0) is 12.9. The molecular formula is C13H24F3N. The third kappa shape index (κ3) is 4.86. The SMILES string of the molecule is CCCCC(C)NC1CCCCC1C(F)(F)F. The van der Waals surface area contributed by atoms with E-state index in [1.165, 1.54) is 0 Å². The van der Waals surface area contributed by atoms with Crippen LogP contribution in [0.15, 0.2) is 0 Å². The van der Waals surface area contributed by atoms with Crippen molar-refractivity contribution < 1.29 is 13.2 Å². The molecule has 0 amide bonds. The highest BCUT2D eigenvalue weighted by Gasteiger charge is 2.45. The van der Waals surface area contributed by atoms with Crippen molar-refractivity contribution in [1.82, 2.24) is 5.32 Å². The Labute approximate surface area is 102 Å². The lowest BCUT2D eigenvalue weighted by Crippen LogP contribution is -2.48. The molecule has 3 unspecified atom stereocenters. The number of hydrogen-bond donors (Lipinski definition) is 1. The van der Waals surface area contributed by atoms with Gasteiger partial charge in [-0.3, -0.25) is 0 Å². The fourth-order valence-corrected chi connectivity index (χ4v) is 2.68. The molecule has 1 aliphatic rings. The summed E-state index contributed by atoms with van der Waals surface area (Å²) in [5.41, 5.74) is 0. The molecular weight excluding hydrogens is 227 g/mol. The van der Waals surface area contributed by atoms with E-state index >= 15 is 0 Å². The third-order valence-electron chi connectivity index (χ3n) is 3.68. The van der Waals surface area contributed by atoms with Gasteiger partial charge in [0.25, 0.3) is 0 Å². The minimum atomic E-state index is -4.04. The second kappa shape index (κ2) is 6.62. The van der Waals surface area contributed by atoms with Crippen molar-refractivity contribution in [3.63, 3.8) is 0 Å². The molecule has 0 spiro atoms. The van der Waals surface area contributed by atoms with Crippen LogP contribution in [0.1, 0.15) is 58.8 Å². The second-order valence-corrected chi connectivity index (χ2v) is 5.25. The molecule has 1 N–H and O–H groups in total. The minimum absolute atomic E-state index is 0.197. The van der Waals surface area contributed by atoms with Gasteiger partial charge in [0, 0.05) is 12.1 Å². The van der Waals surface area contributed by atoms with Gasteiger partial charge in [-0.05, 0) is 26.2 Å². The molecule has 102 valence electrons. The van der Waals surface area contributed by atoms with Crippen LogP contribution in [0.5, 0.6) is 0 Å². The maximum atomic E-state index is 12.9. The van der Waals surface area contributed by atoms with Crippen molar-refractivity contribution in [2.24, 2.45) is 5.92 Å². The van der Waals surface area contributed by atoms with Gasteiger partial charge in [0.2, 0.25) is 0 Å². The van der Waals surface area contributed by atoms with E-state index in [-0.39, 0.29) is 12.1 Å². The molecule has 17 heavy (non-hydrogen) atoms. The largest absolute Gasteiger partial charge is 0.393 e. The summed E-state index contributed by atoms with van der Waals surface area (Å²) >= 11 is 0. The first-order chi connectivity index (χ1) is 7.95. The lowest BCUT2D eigenvalue weighted by atomic mass is 9.83. The summed E-state index contributed by atoms with van der Waals surface area (Å²) < 4.78 is 38.6. The van der Waals surface area contributed by atoms with Crippen molar-refractivity contribution in [2.45, 2.75) is 77.1 Å². The molecule has 0 aromatic rings. The first-order valence-electron chi connectivity index (χ1n) is 6.78. The Kier molecular flexibility index (Phi) is 5.77. The van der Waals surface area contributed by atoms with E-state index in [9.17, 15) is 13.2 Å². The quantitative estimate of drug-likeness (QED) is 0.769. The molecule has 4 heteroatoms. The predicted octanol–water partition coefficient (Wildman–Crippen LogP) is 4.28. The highest BCUT2D eigenvalue weighted by molar-refractivity contribution is 4.86. The zero-order valence-corrected chi connectivity index (χ0v) is 10.8. The first kappa shape index (κ1) is 14.8. The molecule has 1 fully saturated rings. The average molecular weight is 251 g/mol. The summed E-state index contributed by atoms with van der Waals surface area (Å²) in [4.78, 5) is 0. The summed E-state index contributed by atoms with van der Waals surface area (Å²) in [7, 11) is 0. The number of unbranched alkanes of at least 4 members (excludes halogenated alkanes) is 1. The predicted molar refractivity (Wildman–Crippen MR) is 63.9 cm³/mol. The molecule has 0 aromatic heterocycles. The van der Waals surface area contributed by atoms with Gasteiger partial charge in [0.05, 0.1) is 5.92 Å². The highest BCUT2D eigenvalue weighted by Crippen LogP contribution is 2.37. The van der Waals surface area contributed by atoms with Crippen LogP contribution in [-0.4, -0.2) is 18.3 Å². The summed E-state index contributed by atoms with van der Waals surface area (Å²) in [6, 6.07) is -0.168. The lowest BCUT2D eigenvalue weighted by Gasteiger charge is -2.35. The number of hydrogen-bond acceptors (Lipinski definition) is 1. The van der Waals surface area contributed by atoms with E-state index in [0.717, 1.165) is 25.7 Å². The highest BCUT2D eigenvalue weighted by atomic mass is 19.4. The summed E-state index contributed by atoms with van der Waals surface area (Å²) in [6.45, 7) is 4.10. The molecule has 1 saturated carbocycles. The molecule has 0 aliphatic heterocycles. The Bertz CT molecular complexity index is 215. The van der Waals surface area contributed by atoms with Crippen LogP contribution in [0.25, 0.3) is 0 Å². The van der Waals surface area contributed by atoms with Crippen LogP contribution in [-0.2, 0) is 0 Å². The van der Waals surface area contributed by atoms with Crippen molar-refractivity contribution in [1.29, 1.82) is 0 Å². The number of nitrogens with one attached hydrogen (secondary N) is 1. The fourth-order valence-electron chi connectivity index (χ4n) is 2.68. The van der Waals surface area contributed by atoms with Gasteiger partial charge in [-0.2, -0.15) is 13.2 Å². The topological polar surface area (TPSA) is 12.0 Å². The number of alkyl halides is 3. The van der Waals surface area contributed by atoms with E-state index in [1.54, 1.807) is 0 Å². The van der Waals surface area contributed by atoms with Crippen LogP contribution in [0.4, 0.5) is 13.2 Å². The third-order valence-corrected chi connectivity index (χ3v) is 3.68.